The van der Waals surface area contributed by atoms with Crippen LogP contribution in [0.25, 0.3) is 0 Å². The summed E-state index contributed by atoms with van der Waals surface area (Å²) in [6.07, 6.45) is 2.49. The van der Waals surface area contributed by atoms with Crippen LogP contribution in [-0.2, 0) is 0 Å². The first-order valence-electron chi connectivity index (χ1n) is 6.25. The smallest absolute Gasteiger partial charge is 0.322 e. The van der Waals surface area contributed by atoms with Gasteiger partial charge in [-0.05, 0) is 31.4 Å². The van der Waals surface area contributed by atoms with Crippen LogP contribution in [0.5, 0.6) is 0 Å². The van der Waals surface area contributed by atoms with Gasteiger partial charge in [-0.25, -0.2) is 9.18 Å². The van der Waals surface area contributed by atoms with Gasteiger partial charge in [0.25, 0.3) is 0 Å². The molecule has 19 heavy (non-hydrogen) atoms. The minimum Gasteiger partial charge on any atom is -0.386 e. The molecule has 1 unspecified atom stereocenters. The normalized spacial score (nSPS) is 19.0. The van der Waals surface area contributed by atoms with Crippen molar-refractivity contribution in [2.75, 3.05) is 11.9 Å². The summed E-state index contributed by atoms with van der Waals surface area (Å²) in [5.74, 6) is -0.504. The molecule has 0 spiro atoms. The number of urea groups is 1. The fraction of sp³-hybridized carbons (Fsp3) is 0.385. The van der Waals surface area contributed by atoms with E-state index < -0.39 is 11.8 Å². The molecule has 5 nitrogen and oxygen atoms in total. The summed E-state index contributed by atoms with van der Waals surface area (Å²) >= 11 is 0. The van der Waals surface area contributed by atoms with Crippen LogP contribution in [0.15, 0.2) is 24.3 Å². The van der Waals surface area contributed by atoms with Gasteiger partial charge in [0.1, 0.15) is 11.7 Å². The molecule has 0 radical (unpaired) electrons. The number of carbonyl (C=O) groups is 1. The highest BCUT2D eigenvalue weighted by atomic mass is 19.1. The van der Waals surface area contributed by atoms with Gasteiger partial charge in [-0.1, -0.05) is 12.1 Å². The highest BCUT2D eigenvalue weighted by Crippen LogP contribution is 2.19. The Morgan fingerprint density at radius 1 is 1.42 bits per heavy atom. The van der Waals surface area contributed by atoms with Crippen LogP contribution in [0.1, 0.15) is 19.3 Å². The topological polar surface area (TPSA) is 82.2 Å². The molecule has 1 aliphatic heterocycles. The van der Waals surface area contributed by atoms with Crippen molar-refractivity contribution < 1.29 is 9.18 Å². The lowest BCUT2D eigenvalue weighted by atomic mass is 10.0. The third-order valence-electron chi connectivity index (χ3n) is 3.24. The Kier molecular flexibility index (Phi) is 3.99. The van der Waals surface area contributed by atoms with Crippen molar-refractivity contribution in [3.05, 3.63) is 30.1 Å². The van der Waals surface area contributed by atoms with Crippen LogP contribution < -0.4 is 11.1 Å². The minimum atomic E-state index is -0.479. The number of amides is 2. The van der Waals surface area contributed by atoms with Crippen LogP contribution in [0, 0.1) is 11.2 Å². The van der Waals surface area contributed by atoms with E-state index >= 15 is 0 Å². The Hall–Kier alpha value is -2.11. The van der Waals surface area contributed by atoms with Crippen molar-refractivity contribution >= 4 is 17.6 Å². The number of nitrogens with zero attached hydrogens (tertiary/aromatic N) is 1. The third-order valence-corrected chi connectivity index (χ3v) is 3.24. The van der Waals surface area contributed by atoms with Crippen LogP contribution >= 0.6 is 0 Å². The van der Waals surface area contributed by atoms with E-state index in [1.165, 1.54) is 17.0 Å². The van der Waals surface area contributed by atoms with Crippen molar-refractivity contribution in [2.45, 2.75) is 25.3 Å². The Morgan fingerprint density at radius 3 is 2.84 bits per heavy atom. The lowest BCUT2D eigenvalue weighted by Gasteiger charge is -2.34. The van der Waals surface area contributed by atoms with E-state index in [-0.39, 0.29) is 17.6 Å². The largest absolute Gasteiger partial charge is 0.386 e. The molecule has 1 aromatic carbocycles. The molecule has 2 amide bonds. The number of amidine groups is 1. The maximum Gasteiger partial charge on any atom is 0.322 e. The standard InChI is InChI=1S/C13H17FN4O/c14-9-5-1-2-6-10(9)17-13(19)18-8-4-3-7-11(18)12(15)16/h1-2,5-6,11H,3-4,7-8H2,(H3,15,16)(H,17,19). The zero-order valence-electron chi connectivity index (χ0n) is 10.5. The fourth-order valence-corrected chi connectivity index (χ4v) is 2.25. The number of anilines is 1. The van der Waals surface area contributed by atoms with Crippen molar-refractivity contribution in [1.82, 2.24) is 4.90 Å². The number of hydrogen-bond acceptors (Lipinski definition) is 2. The lowest BCUT2D eigenvalue weighted by molar-refractivity contribution is 0.185. The molecule has 0 aliphatic carbocycles. The highest BCUT2D eigenvalue weighted by molar-refractivity contribution is 5.94. The quantitative estimate of drug-likeness (QED) is 0.565. The van der Waals surface area contributed by atoms with Crippen LogP contribution in [0.3, 0.4) is 0 Å². The summed E-state index contributed by atoms with van der Waals surface area (Å²) in [4.78, 5) is 13.6. The molecule has 102 valence electrons. The van der Waals surface area contributed by atoms with Crippen LogP contribution in [0.2, 0.25) is 0 Å². The lowest BCUT2D eigenvalue weighted by Crippen LogP contribution is -2.51. The van der Waals surface area contributed by atoms with Crippen molar-refractivity contribution in [3.8, 4) is 0 Å². The second-order valence-electron chi connectivity index (χ2n) is 4.57. The summed E-state index contributed by atoms with van der Waals surface area (Å²) in [6.45, 7) is 0.532. The summed E-state index contributed by atoms with van der Waals surface area (Å²) in [5.41, 5.74) is 5.65. The predicted octanol–water partition coefficient (Wildman–Crippen LogP) is 2.15. The molecule has 2 rings (SSSR count). The van der Waals surface area contributed by atoms with Gasteiger partial charge in [0.15, 0.2) is 0 Å². The molecule has 1 fully saturated rings. The van der Waals surface area contributed by atoms with E-state index in [1.807, 2.05) is 0 Å². The number of nitrogens with two attached hydrogens (primary N) is 1. The zero-order valence-corrected chi connectivity index (χ0v) is 10.5. The Labute approximate surface area is 111 Å². The molecule has 1 aromatic rings. The molecule has 4 N–H and O–H groups in total. The van der Waals surface area contributed by atoms with Gasteiger partial charge in [0.05, 0.1) is 11.7 Å². The molecule has 1 atom stereocenters. The molecule has 6 heteroatoms. The van der Waals surface area contributed by atoms with Crippen molar-refractivity contribution in [1.29, 1.82) is 5.41 Å². The van der Waals surface area contributed by atoms with Crippen molar-refractivity contribution in [2.24, 2.45) is 5.73 Å². The van der Waals surface area contributed by atoms with Crippen LogP contribution in [0.4, 0.5) is 14.9 Å². The SMILES string of the molecule is N=C(N)C1CCCCN1C(=O)Nc1ccccc1F. The Morgan fingerprint density at radius 2 is 2.16 bits per heavy atom. The molecule has 1 heterocycles. The van der Waals surface area contributed by atoms with Gasteiger partial charge in [-0.2, -0.15) is 0 Å². The first-order valence-corrected chi connectivity index (χ1v) is 6.25. The molecule has 1 saturated heterocycles. The third kappa shape index (κ3) is 3.01. The molecular formula is C13H17FN4O. The van der Waals surface area contributed by atoms with E-state index in [0.717, 1.165) is 12.8 Å². The van der Waals surface area contributed by atoms with E-state index in [2.05, 4.69) is 5.32 Å². The average Bonchev–Trinajstić information content (AvgIpc) is 2.41. The molecule has 0 saturated carbocycles. The van der Waals surface area contributed by atoms with E-state index in [0.29, 0.717) is 13.0 Å². The van der Waals surface area contributed by atoms with Crippen molar-refractivity contribution in [3.63, 3.8) is 0 Å². The zero-order chi connectivity index (χ0) is 13.8. The van der Waals surface area contributed by atoms with Gasteiger partial charge < -0.3 is 16.0 Å². The Balaban J connectivity index is 2.10. The van der Waals surface area contributed by atoms with E-state index in [1.54, 1.807) is 12.1 Å². The Bertz CT molecular complexity index is 491. The van der Waals surface area contributed by atoms with Gasteiger partial charge in [-0.15, -0.1) is 0 Å². The minimum absolute atomic E-state index is 0.0246. The maximum atomic E-state index is 13.5. The van der Waals surface area contributed by atoms with E-state index in [4.69, 9.17) is 11.1 Å². The van der Waals surface area contributed by atoms with Gasteiger partial charge in [0.2, 0.25) is 0 Å². The van der Waals surface area contributed by atoms with Gasteiger partial charge >= 0.3 is 6.03 Å². The number of piperidine rings is 1. The number of para-hydroxylation sites is 1. The van der Waals surface area contributed by atoms with Crippen LogP contribution in [-0.4, -0.2) is 29.4 Å². The number of nitrogens with one attached hydrogen (secondary N) is 2. The number of hydrogen-bond donors (Lipinski definition) is 3. The highest BCUT2D eigenvalue weighted by Gasteiger charge is 2.29. The first kappa shape index (κ1) is 13.3. The monoisotopic (exact) mass is 264 g/mol. The molecule has 1 aliphatic rings. The number of likely N-dealkylation sites (tertiary alicyclic amines) is 1. The summed E-state index contributed by atoms with van der Waals surface area (Å²) in [6, 6.07) is 5.20. The summed E-state index contributed by atoms with van der Waals surface area (Å²) < 4.78 is 13.5. The number of benzene rings is 1. The summed E-state index contributed by atoms with van der Waals surface area (Å²) in [7, 11) is 0. The summed E-state index contributed by atoms with van der Waals surface area (Å²) in [5, 5.41) is 10.0. The molecular weight excluding hydrogens is 247 g/mol. The van der Waals surface area contributed by atoms with Gasteiger partial charge in [0, 0.05) is 6.54 Å². The van der Waals surface area contributed by atoms with E-state index in [9.17, 15) is 9.18 Å². The maximum absolute atomic E-state index is 13.5. The fourth-order valence-electron chi connectivity index (χ4n) is 2.25. The number of halogens is 1. The van der Waals surface area contributed by atoms with Gasteiger partial charge in [-0.3, -0.25) is 5.41 Å². The number of carbonyl (C=O) groups excluding carboxylic acids is 1. The average molecular weight is 264 g/mol. The molecule has 0 aromatic heterocycles. The first-order chi connectivity index (χ1) is 9.09. The second-order valence-corrected chi connectivity index (χ2v) is 4.57. The number of rotatable bonds is 2. The predicted molar refractivity (Wildman–Crippen MR) is 71.7 cm³/mol. The second kappa shape index (κ2) is 5.69. The molecule has 0 bridgehead atoms.